The van der Waals surface area contributed by atoms with Crippen LogP contribution in [0.3, 0.4) is 0 Å². The van der Waals surface area contributed by atoms with Gasteiger partial charge in [-0.3, -0.25) is 4.98 Å². The number of aromatic nitrogens is 1. The lowest BCUT2D eigenvalue weighted by molar-refractivity contribution is 0.169. The van der Waals surface area contributed by atoms with Crippen molar-refractivity contribution in [2.45, 2.75) is 57.6 Å². The second-order valence-electron chi connectivity index (χ2n) is 5.96. The van der Waals surface area contributed by atoms with Gasteiger partial charge in [0.05, 0.1) is 23.7 Å². The fourth-order valence-corrected chi connectivity index (χ4v) is 3.75. The summed E-state index contributed by atoms with van der Waals surface area (Å²) >= 11 is 0. The maximum absolute atomic E-state index is 9.80. The summed E-state index contributed by atoms with van der Waals surface area (Å²) in [7, 11) is 0. The summed E-state index contributed by atoms with van der Waals surface area (Å²) in [6.07, 6.45) is 9.09. The standard InChI is InChI=1S/C16H24N2O/c1-2-16(19)14-9-8-13(11-17-14)18-10-4-6-12-5-3-7-15(12)18/h8-9,11-12,15-16,19H,2-7,10H2,1H3/t12?,15?,16-/m1/s1. The zero-order valence-corrected chi connectivity index (χ0v) is 11.8. The molecule has 2 aliphatic rings. The monoisotopic (exact) mass is 260 g/mol. The van der Waals surface area contributed by atoms with Gasteiger partial charge in [0.25, 0.3) is 0 Å². The van der Waals surface area contributed by atoms with Gasteiger partial charge in [0.1, 0.15) is 0 Å². The van der Waals surface area contributed by atoms with Gasteiger partial charge in [-0.25, -0.2) is 0 Å². The molecule has 3 atom stereocenters. The number of piperidine rings is 1. The molecular formula is C16H24N2O. The first-order valence-corrected chi connectivity index (χ1v) is 7.70. The van der Waals surface area contributed by atoms with E-state index in [9.17, 15) is 5.11 Å². The molecule has 1 saturated heterocycles. The Morgan fingerprint density at radius 1 is 1.32 bits per heavy atom. The van der Waals surface area contributed by atoms with Crippen LogP contribution in [0.1, 0.15) is 57.2 Å². The number of anilines is 1. The maximum atomic E-state index is 9.80. The van der Waals surface area contributed by atoms with Crippen molar-refractivity contribution in [1.82, 2.24) is 4.98 Å². The number of aliphatic hydroxyl groups is 1. The zero-order chi connectivity index (χ0) is 13.2. The lowest BCUT2D eigenvalue weighted by Crippen LogP contribution is -2.42. The average Bonchev–Trinajstić information content (AvgIpc) is 2.95. The highest BCUT2D eigenvalue weighted by Crippen LogP contribution is 2.38. The van der Waals surface area contributed by atoms with Crippen LogP contribution in [-0.2, 0) is 0 Å². The fraction of sp³-hybridized carbons (Fsp3) is 0.688. The minimum absolute atomic E-state index is 0.422. The summed E-state index contributed by atoms with van der Waals surface area (Å²) in [5, 5.41) is 9.80. The van der Waals surface area contributed by atoms with E-state index in [-0.39, 0.29) is 0 Å². The normalized spacial score (nSPS) is 28.2. The van der Waals surface area contributed by atoms with Crippen LogP contribution in [0.4, 0.5) is 5.69 Å². The third-order valence-electron chi connectivity index (χ3n) is 4.82. The Kier molecular flexibility index (Phi) is 3.74. The van der Waals surface area contributed by atoms with Gasteiger partial charge >= 0.3 is 0 Å². The molecule has 2 fully saturated rings. The van der Waals surface area contributed by atoms with Crippen molar-refractivity contribution in [1.29, 1.82) is 0 Å². The second-order valence-corrected chi connectivity index (χ2v) is 5.96. The van der Waals surface area contributed by atoms with Crippen LogP contribution in [0, 0.1) is 5.92 Å². The van der Waals surface area contributed by atoms with Crippen molar-refractivity contribution in [3.63, 3.8) is 0 Å². The topological polar surface area (TPSA) is 36.4 Å². The largest absolute Gasteiger partial charge is 0.387 e. The van der Waals surface area contributed by atoms with Gasteiger partial charge in [0.2, 0.25) is 0 Å². The molecule has 1 aromatic heterocycles. The van der Waals surface area contributed by atoms with E-state index in [0.717, 1.165) is 24.1 Å². The fourth-order valence-electron chi connectivity index (χ4n) is 3.75. The minimum Gasteiger partial charge on any atom is -0.387 e. The molecule has 2 heterocycles. The van der Waals surface area contributed by atoms with Gasteiger partial charge < -0.3 is 10.0 Å². The predicted octanol–water partition coefficient (Wildman–Crippen LogP) is 3.29. The van der Waals surface area contributed by atoms with Crippen LogP contribution in [0.25, 0.3) is 0 Å². The number of rotatable bonds is 3. The van der Waals surface area contributed by atoms with Crippen LogP contribution < -0.4 is 4.90 Å². The predicted molar refractivity (Wildman–Crippen MR) is 77.2 cm³/mol. The molecule has 3 rings (SSSR count). The third-order valence-corrected chi connectivity index (χ3v) is 4.82. The molecule has 0 aromatic carbocycles. The molecule has 19 heavy (non-hydrogen) atoms. The second kappa shape index (κ2) is 5.49. The average molecular weight is 260 g/mol. The smallest absolute Gasteiger partial charge is 0.0957 e. The van der Waals surface area contributed by atoms with E-state index in [0.29, 0.717) is 0 Å². The van der Waals surface area contributed by atoms with Gasteiger partial charge in [-0.1, -0.05) is 13.3 Å². The highest BCUT2D eigenvalue weighted by molar-refractivity contribution is 5.47. The molecule has 104 valence electrons. The Hall–Kier alpha value is -1.09. The lowest BCUT2D eigenvalue weighted by atomic mass is 9.91. The number of aliphatic hydroxyl groups excluding tert-OH is 1. The quantitative estimate of drug-likeness (QED) is 0.906. The zero-order valence-electron chi connectivity index (χ0n) is 11.8. The minimum atomic E-state index is -0.422. The van der Waals surface area contributed by atoms with Gasteiger partial charge in [-0.15, -0.1) is 0 Å². The summed E-state index contributed by atoms with van der Waals surface area (Å²) in [6, 6.07) is 4.86. The molecule has 3 nitrogen and oxygen atoms in total. The van der Waals surface area contributed by atoms with Crippen molar-refractivity contribution in [2.75, 3.05) is 11.4 Å². The van der Waals surface area contributed by atoms with E-state index in [1.54, 1.807) is 0 Å². The van der Waals surface area contributed by atoms with E-state index >= 15 is 0 Å². The molecule has 0 bridgehead atoms. The van der Waals surface area contributed by atoms with Crippen LogP contribution in [0.2, 0.25) is 0 Å². The van der Waals surface area contributed by atoms with Crippen LogP contribution in [0.15, 0.2) is 18.3 Å². The van der Waals surface area contributed by atoms with Crippen LogP contribution in [0.5, 0.6) is 0 Å². The van der Waals surface area contributed by atoms with E-state index < -0.39 is 6.10 Å². The number of nitrogens with zero attached hydrogens (tertiary/aromatic N) is 2. The Labute approximate surface area is 115 Å². The maximum Gasteiger partial charge on any atom is 0.0957 e. The van der Waals surface area contributed by atoms with E-state index in [1.807, 2.05) is 19.2 Å². The molecule has 1 aromatic rings. The van der Waals surface area contributed by atoms with Gasteiger partial charge in [0.15, 0.2) is 0 Å². The molecule has 1 saturated carbocycles. The third kappa shape index (κ3) is 2.48. The highest BCUT2D eigenvalue weighted by Gasteiger charge is 2.35. The molecule has 0 spiro atoms. The molecule has 1 N–H and O–H groups in total. The Morgan fingerprint density at radius 3 is 2.89 bits per heavy atom. The van der Waals surface area contributed by atoms with Crippen LogP contribution in [-0.4, -0.2) is 22.7 Å². The van der Waals surface area contributed by atoms with Gasteiger partial charge in [0, 0.05) is 12.6 Å². The number of pyridine rings is 1. The molecular weight excluding hydrogens is 236 g/mol. The molecule has 1 aliphatic heterocycles. The van der Waals surface area contributed by atoms with Crippen molar-refractivity contribution >= 4 is 5.69 Å². The first-order valence-electron chi connectivity index (χ1n) is 7.70. The summed E-state index contributed by atoms with van der Waals surface area (Å²) < 4.78 is 0. The first kappa shape index (κ1) is 12.9. The molecule has 0 amide bonds. The Bertz CT molecular complexity index is 417. The molecule has 1 aliphatic carbocycles. The lowest BCUT2D eigenvalue weighted by Gasteiger charge is -2.39. The SMILES string of the molecule is CC[C@@H](O)c1ccc(N2CCCC3CCCC32)cn1. The first-order chi connectivity index (χ1) is 9.29. The summed E-state index contributed by atoms with van der Waals surface area (Å²) in [4.78, 5) is 7.00. The van der Waals surface area contributed by atoms with E-state index in [1.165, 1.54) is 44.3 Å². The van der Waals surface area contributed by atoms with Crippen molar-refractivity contribution in [3.05, 3.63) is 24.0 Å². The number of hydrogen-bond donors (Lipinski definition) is 1. The van der Waals surface area contributed by atoms with E-state index in [2.05, 4.69) is 16.0 Å². The number of hydrogen-bond acceptors (Lipinski definition) is 3. The van der Waals surface area contributed by atoms with E-state index in [4.69, 9.17) is 0 Å². The Balaban J connectivity index is 1.77. The number of fused-ring (bicyclic) bond motifs is 1. The van der Waals surface area contributed by atoms with Gasteiger partial charge in [-0.05, 0) is 50.2 Å². The highest BCUT2D eigenvalue weighted by atomic mass is 16.3. The molecule has 2 unspecified atom stereocenters. The Morgan fingerprint density at radius 2 is 2.16 bits per heavy atom. The summed E-state index contributed by atoms with van der Waals surface area (Å²) in [6.45, 7) is 3.15. The van der Waals surface area contributed by atoms with Crippen molar-refractivity contribution < 1.29 is 5.11 Å². The van der Waals surface area contributed by atoms with Crippen molar-refractivity contribution in [3.8, 4) is 0 Å². The molecule has 0 radical (unpaired) electrons. The molecule has 3 heteroatoms. The van der Waals surface area contributed by atoms with Gasteiger partial charge in [-0.2, -0.15) is 0 Å². The van der Waals surface area contributed by atoms with Crippen LogP contribution >= 0.6 is 0 Å². The summed E-state index contributed by atoms with van der Waals surface area (Å²) in [5.74, 6) is 0.898. The summed E-state index contributed by atoms with van der Waals surface area (Å²) in [5.41, 5.74) is 2.04. The van der Waals surface area contributed by atoms with Crippen molar-refractivity contribution in [2.24, 2.45) is 5.92 Å².